The van der Waals surface area contributed by atoms with E-state index in [0.29, 0.717) is 5.39 Å². The van der Waals surface area contributed by atoms with Crippen LogP contribution >= 0.6 is 0 Å². The SMILES string of the molecule is CCc1ccc2[nH]c3c(c(C(=O)O)nn3C)c2c1. The highest BCUT2D eigenvalue weighted by molar-refractivity contribution is 6.14. The van der Waals surface area contributed by atoms with Gasteiger partial charge in [-0.3, -0.25) is 4.68 Å². The lowest BCUT2D eigenvalue weighted by Crippen LogP contribution is -2.00. The summed E-state index contributed by atoms with van der Waals surface area (Å²) in [5.41, 5.74) is 2.98. The van der Waals surface area contributed by atoms with Crippen molar-refractivity contribution in [3.8, 4) is 0 Å². The number of aromatic amines is 1. The van der Waals surface area contributed by atoms with Crippen LogP contribution < -0.4 is 0 Å². The molecule has 5 heteroatoms. The normalized spacial score (nSPS) is 11.4. The van der Waals surface area contributed by atoms with Crippen LogP contribution in [0.4, 0.5) is 0 Å². The van der Waals surface area contributed by atoms with Gasteiger partial charge in [0.1, 0.15) is 5.65 Å². The predicted octanol–water partition coefficient (Wildman–Crippen LogP) is 2.32. The van der Waals surface area contributed by atoms with Crippen molar-refractivity contribution in [2.75, 3.05) is 0 Å². The molecular formula is C13H13N3O2. The molecule has 0 atom stereocenters. The van der Waals surface area contributed by atoms with E-state index in [-0.39, 0.29) is 5.69 Å². The van der Waals surface area contributed by atoms with Crippen molar-refractivity contribution in [3.05, 3.63) is 29.5 Å². The molecule has 3 rings (SSSR count). The molecule has 0 aliphatic heterocycles. The first kappa shape index (κ1) is 10.8. The number of nitrogens with zero attached hydrogens (tertiary/aromatic N) is 2. The van der Waals surface area contributed by atoms with Crippen LogP contribution in [0.15, 0.2) is 18.2 Å². The zero-order valence-corrected chi connectivity index (χ0v) is 10.2. The lowest BCUT2D eigenvalue weighted by molar-refractivity contribution is 0.0691. The van der Waals surface area contributed by atoms with Gasteiger partial charge in [-0.1, -0.05) is 13.0 Å². The number of benzene rings is 1. The maximum Gasteiger partial charge on any atom is 0.357 e. The quantitative estimate of drug-likeness (QED) is 0.725. The summed E-state index contributed by atoms with van der Waals surface area (Å²) in [6.45, 7) is 2.08. The van der Waals surface area contributed by atoms with Crippen molar-refractivity contribution >= 4 is 27.9 Å². The van der Waals surface area contributed by atoms with E-state index in [2.05, 4.69) is 17.0 Å². The Bertz CT molecular complexity index is 767. The standard InChI is InChI=1S/C13H13N3O2/c1-3-7-4-5-9-8(6-7)10-11(13(17)18)15-16(2)12(10)14-9/h4-6,14H,3H2,1-2H3,(H,17,18). The van der Waals surface area contributed by atoms with Crippen LogP contribution in [-0.2, 0) is 13.5 Å². The number of aromatic nitrogens is 3. The third kappa shape index (κ3) is 1.33. The summed E-state index contributed by atoms with van der Waals surface area (Å²) in [4.78, 5) is 14.4. The van der Waals surface area contributed by atoms with Gasteiger partial charge in [-0.15, -0.1) is 0 Å². The van der Waals surface area contributed by atoms with Crippen LogP contribution in [-0.4, -0.2) is 25.8 Å². The molecule has 2 aromatic heterocycles. The van der Waals surface area contributed by atoms with Crippen molar-refractivity contribution in [1.29, 1.82) is 0 Å². The summed E-state index contributed by atoms with van der Waals surface area (Å²) in [5.74, 6) is -0.997. The number of carboxylic acid groups (broad SMARTS) is 1. The summed E-state index contributed by atoms with van der Waals surface area (Å²) in [6.07, 6.45) is 0.922. The van der Waals surface area contributed by atoms with Gasteiger partial charge in [-0.05, 0) is 24.1 Å². The topological polar surface area (TPSA) is 70.9 Å². The first-order valence-corrected chi connectivity index (χ1v) is 5.82. The molecule has 18 heavy (non-hydrogen) atoms. The van der Waals surface area contributed by atoms with Gasteiger partial charge < -0.3 is 10.1 Å². The number of aromatic carboxylic acids is 1. The first-order valence-electron chi connectivity index (χ1n) is 5.82. The lowest BCUT2D eigenvalue weighted by atomic mass is 10.1. The van der Waals surface area contributed by atoms with E-state index in [0.717, 1.165) is 23.0 Å². The van der Waals surface area contributed by atoms with Crippen LogP contribution in [0.1, 0.15) is 23.0 Å². The van der Waals surface area contributed by atoms with E-state index < -0.39 is 5.97 Å². The van der Waals surface area contributed by atoms with Gasteiger partial charge in [0.05, 0.1) is 5.39 Å². The number of hydrogen-bond acceptors (Lipinski definition) is 2. The first-order chi connectivity index (χ1) is 8.61. The van der Waals surface area contributed by atoms with Crippen LogP contribution in [0.5, 0.6) is 0 Å². The third-order valence-corrected chi connectivity index (χ3v) is 3.26. The van der Waals surface area contributed by atoms with E-state index in [1.807, 2.05) is 18.2 Å². The molecular weight excluding hydrogens is 230 g/mol. The van der Waals surface area contributed by atoms with Crippen molar-refractivity contribution in [1.82, 2.24) is 14.8 Å². The minimum Gasteiger partial charge on any atom is -0.476 e. The van der Waals surface area contributed by atoms with E-state index in [1.54, 1.807) is 11.7 Å². The largest absolute Gasteiger partial charge is 0.476 e. The summed E-state index contributed by atoms with van der Waals surface area (Å²) in [6, 6.07) is 6.06. The molecule has 0 saturated heterocycles. The molecule has 2 N–H and O–H groups in total. The van der Waals surface area contributed by atoms with Gasteiger partial charge in [0.15, 0.2) is 5.69 Å². The summed E-state index contributed by atoms with van der Waals surface area (Å²) in [7, 11) is 1.74. The molecule has 0 fully saturated rings. The summed E-state index contributed by atoms with van der Waals surface area (Å²) >= 11 is 0. The number of aryl methyl sites for hydroxylation is 2. The molecule has 1 aromatic carbocycles. The van der Waals surface area contributed by atoms with Crippen LogP contribution in [0.3, 0.4) is 0 Å². The highest BCUT2D eigenvalue weighted by Gasteiger charge is 2.19. The predicted molar refractivity (Wildman–Crippen MR) is 68.9 cm³/mol. The van der Waals surface area contributed by atoms with E-state index >= 15 is 0 Å². The molecule has 0 bridgehead atoms. The molecule has 0 radical (unpaired) electrons. The zero-order valence-electron chi connectivity index (χ0n) is 10.2. The van der Waals surface area contributed by atoms with Gasteiger partial charge in [0.2, 0.25) is 0 Å². The fourth-order valence-electron chi connectivity index (χ4n) is 2.33. The Balaban J connectivity index is 2.48. The average molecular weight is 243 g/mol. The molecule has 3 aromatic rings. The van der Waals surface area contributed by atoms with Crippen molar-refractivity contribution in [2.45, 2.75) is 13.3 Å². The molecule has 0 amide bonds. The molecule has 2 heterocycles. The van der Waals surface area contributed by atoms with Gasteiger partial charge in [0, 0.05) is 18.0 Å². The Hall–Kier alpha value is -2.30. The maximum atomic E-state index is 11.2. The number of rotatable bonds is 2. The van der Waals surface area contributed by atoms with Crippen molar-refractivity contribution in [2.24, 2.45) is 7.05 Å². The minimum absolute atomic E-state index is 0.104. The van der Waals surface area contributed by atoms with Crippen LogP contribution in [0.25, 0.3) is 21.9 Å². The van der Waals surface area contributed by atoms with Gasteiger partial charge in [-0.2, -0.15) is 5.10 Å². The van der Waals surface area contributed by atoms with Gasteiger partial charge in [-0.25, -0.2) is 4.79 Å². The Morgan fingerprint density at radius 2 is 2.28 bits per heavy atom. The van der Waals surface area contributed by atoms with Crippen molar-refractivity contribution in [3.63, 3.8) is 0 Å². The Morgan fingerprint density at radius 1 is 1.50 bits per heavy atom. The fraction of sp³-hybridized carbons (Fsp3) is 0.231. The Kier molecular flexibility index (Phi) is 2.16. The lowest BCUT2D eigenvalue weighted by Gasteiger charge is -1.97. The fourth-order valence-corrected chi connectivity index (χ4v) is 2.33. The number of hydrogen-bond donors (Lipinski definition) is 2. The van der Waals surface area contributed by atoms with Crippen LogP contribution in [0.2, 0.25) is 0 Å². The number of fused-ring (bicyclic) bond motifs is 3. The summed E-state index contributed by atoms with van der Waals surface area (Å²) in [5, 5.41) is 14.9. The molecule has 0 aliphatic rings. The zero-order chi connectivity index (χ0) is 12.9. The molecule has 0 aliphatic carbocycles. The average Bonchev–Trinajstić information content (AvgIpc) is 2.87. The summed E-state index contributed by atoms with van der Waals surface area (Å²) < 4.78 is 1.57. The monoisotopic (exact) mass is 243 g/mol. The smallest absolute Gasteiger partial charge is 0.357 e. The number of carboxylic acids is 1. The highest BCUT2D eigenvalue weighted by Crippen LogP contribution is 2.28. The molecule has 0 spiro atoms. The number of carbonyl (C=O) groups is 1. The van der Waals surface area contributed by atoms with Crippen molar-refractivity contribution < 1.29 is 9.90 Å². The second-order valence-corrected chi connectivity index (χ2v) is 4.36. The van der Waals surface area contributed by atoms with Gasteiger partial charge in [0.25, 0.3) is 0 Å². The molecule has 5 nitrogen and oxygen atoms in total. The maximum absolute atomic E-state index is 11.2. The number of nitrogens with one attached hydrogen (secondary N) is 1. The van der Waals surface area contributed by atoms with E-state index in [9.17, 15) is 9.90 Å². The number of H-pyrrole nitrogens is 1. The molecule has 0 unspecified atom stereocenters. The van der Waals surface area contributed by atoms with Gasteiger partial charge >= 0.3 is 5.97 Å². The second kappa shape index (κ2) is 3.60. The van der Waals surface area contributed by atoms with E-state index in [1.165, 1.54) is 5.56 Å². The molecule has 0 saturated carbocycles. The van der Waals surface area contributed by atoms with E-state index in [4.69, 9.17) is 0 Å². The minimum atomic E-state index is -0.997. The Labute approximate surface area is 103 Å². The second-order valence-electron chi connectivity index (χ2n) is 4.36. The highest BCUT2D eigenvalue weighted by atomic mass is 16.4. The van der Waals surface area contributed by atoms with Crippen LogP contribution in [0, 0.1) is 0 Å². The third-order valence-electron chi connectivity index (χ3n) is 3.26. The molecule has 92 valence electrons. The Morgan fingerprint density at radius 3 is 2.94 bits per heavy atom.